The van der Waals surface area contributed by atoms with Crippen LogP contribution in [0.25, 0.3) is 0 Å². The third kappa shape index (κ3) is 1.63. The molecule has 2 rings (SSSR count). The molecular weight excluding hydrogens is 203 g/mol. The van der Waals surface area contributed by atoms with Crippen LogP contribution >= 0.6 is 11.6 Å². The molecule has 1 aromatic heterocycles. The first kappa shape index (κ1) is 9.21. The van der Waals surface area contributed by atoms with E-state index >= 15 is 0 Å². The minimum Gasteiger partial charge on any atom is -0.351 e. The van der Waals surface area contributed by atoms with Crippen LogP contribution < -0.4 is 5.32 Å². The molecule has 0 spiro atoms. The molecule has 0 radical (unpaired) electrons. The molecule has 1 aliphatic heterocycles. The number of dihydropyridines is 1. The lowest BCUT2D eigenvalue weighted by Crippen LogP contribution is -2.34. The smallest absolute Gasteiger partial charge is 0.225 e. The van der Waals surface area contributed by atoms with E-state index in [9.17, 15) is 4.39 Å². The van der Waals surface area contributed by atoms with E-state index in [4.69, 9.17) is 11.6 Å². The van der Waals surface area contributed by atoms with Gasteiger partial charge in [0.15, 0.2) is 0 Å². The third-order valence-electron chi connectivity index (χ3n) is 1.99. The van der Waals surface area contributed by atoms with Crippen LogP contribution in [0.1, 0.15) is 5.56 Å². The van der Waals surface area contributed by atoms with Crippen molar-refractivity contribution < 1.29 is 4.39 Å². The molecule has 72 valence electrons. The summed E-state index contributed by atoms with van der Waals surface area (Å²) in [5, 5.41) is 3.07. The maximum absolute atomic E-state index is 14.1. The molecule has 1 atom stereocenters. The van der Waals surface area contributed by atoms with Gasteiger partial charge in [0.1, 0.15) is 0 Å². The SMILES string of the molecule is FC1(c2ccncc2)C=CC(Cl)=CN1. The van der Waals surface area contributed by atoms with E-state index in [0.717, 1.165) is 0 Å². The van der Waals surface area contributed by atoms with E-state index in [0.29, 0.717) is 10.6 Å². The fourth-order valence-corrected chi connectivity index (χ4v) is 1.36. The Morgan fingerprint density at radius 1 is 1.36 bits per heavy atom. The van der Waals surface area contributed by atoms with Gasteiger partial charge in [0, 0.05) is 24.2 Å². The highest BCUT2D eigenvalue weighted by atomic mass is 35.5. The zero-order valence-electron chi connectivity index (χ0n) is 7.24. The summed E-state index contributed by atoms with van der Waals surface area (Å²) in [4.78, 5) is 3.83. The Bertz CT molecular complexity index is 388. The summed E-state index contributed by atoms with van der Waals surface area (Å²) in [5.41, 5.74) is 0.504. The van der Waals surface area contributed by atoms with Gasteiger partial charge in [-0.15, -0.1) is 0 Å². The minimum atomic E-state index is -1.68. The zero-order valence-corrected chi connectivity index (χ0v) is 8.00. The Morgan fingerprint density at radius 2 is 2.07 bits per heavy atom. The van der Waals surface area contributed by atoms with Crippen LogP contribution in [0.2, 0.25) is 0 Å². The topological polar surface area (TPSA) is 24.9 Å². The molecule has 1 N–H and O–H groups in total. The number of nitrogens with one attached hydrogen (secondary N) is 1. The number of pyridine rings is 1. The van der Waals surface area contributed by atoms with Crippen molar-refractivity contribution in [1.29, 1.82) is 0 Å². The standard InChI is InChI=1S/C10H8ClFN2/c11-9-1-4-10(12,14-7-9)8-2-5-13-6-3-8/h1-7,14H. The van der Waals surface area contributed by atoms with E-state index in [-0.39, 0.29) is 0 Å². The Kier molecular flexibility index (Phi) is 2.25. The van der Waals surface area contributed by atoms with Gasteiger partial charge in [0.25, 0.3) is 0 Å². The van der Waals surface area contributed by atoms with Crippen molar-refractivity contribution in [2.45, 2.75) is 5.79 Å². The van der Waals surface area contributed by atoms with Gasteiger partial charge in [-0.05, 0) is 24.3 Å². The maximum atomic E-state index is 14.1. The van der Waals surface area contributed by atoms with Crippen LogP contribution in [0, 0.1) is 0 Å². The second-order valence-corrected chi connectivity index (χ2v) is 3.39. The first-order chi connectivity index (χ1) is 6.71. The van der Waals surface area contributed by atoms with E-state index in [2.05, 4.69) is 10.3 Å². The average molecular weight is 211 g/mol. The van der Waals surface area contributed by atoms with Gasteiger partial charge in [-0.3, -0.25) is 4.98 Å². The highest BCUT2D eigenvalue weighted by Gasteiger charge is 2.29. The lowest BCUT2D eigenvalue weighted by atomic mass is 10.0. The van der Waals surface area contributed by atoms with Gasteiger partial charge in [-0.2, -0.15) is 0 Å². The first-order valence-corrected chi connectivity index (χ1v) is 4.50. The maximum Gasteiger partial charge on any atom is 0.225 e. The van der Waals surface area contributed by atoms with Crippen LogP contribution in [-0.4, -0.2) is 4.98 Å². The first-order valence-electron chi connectivity index (χ1n) is 4.13. The Labute approximate surface area is 86.1 Å². The van der Waals surface area contributed by atoms with Crippen molar-refractivity contribution in [3.05, 3.63) is 53.5 Å². The van der Waals surface area contributed by atoms with Crippen molar-refractivity contribution in [3.8, 4) is 0 Å². The number of halogens is 2. The van der Waals surface area contributed by atoms with E-state index in [1.807, 2.05) is 0 Å². The zero-order chi connectivity index (χ0) is 10.0. The van der Waals surface area contributed by atoms with Crippen LogP contribution in [-0.2, 0) is 5.79 Å². The summed E-state index contributed by atoms with van der Waals surface area (Å²) in [6, 6.07) is 3.23. The number of hydrogen-bond acceptors (Lipinski definition) is 2. The second-order valence-electron chi connectivity index (χ2n) is 2.95. The van der Waals surface area contributed by atoms with Crippen molar-refractivity contribution in [2.75, 3.05) is 0 Å². The van der Waals surface area contributed by atoms with E-state index in [1.165, 1.54) is 18.4 Å². The summed E-state index contributed by atoms with van der Waals surface area (Å²) in [7, 11) is 0. The predicted molar refractivity (Wildman–Crippen MR) is 53.2 cm³/mol. The van der Waals surface area contributed by atoms with Crippen molar-refractivity contribution >= 4 is 11.6 Å². The van der Waals surface area contributed by atoms with Gasteiger partial charge in [-0.25, -0.2) is 4.39 Å². The lowest BCUT2D eigenvalue weighted by molar-refractivity contribution is 0.199. The molecule has 0 aromatic carbocycles. The summed E-state index contributed by atoms with van der Waals surface area (Å²) < 4.78 is 14.1. The van der Waals surface area contributed by atoms with Crippen molar-refractivity contribution in [2.24, 2.45) is 0 Å². The highest BCUT2D eigenvalue weighted by molar-refractivity contribution is 6.31. The predicted octanol–water partition coefficient (Wildman–Crippen LogP) is 2.44. The molecule has 1 aromatic rings. The molecule has 0 fully saturated rings. The quantitative estimate of drug-likeness (QED) is 0.721. The third-order valence-corrected chi connectivity index (χ3v) is 2.23. The molecule has 4 heteroatoms. The summed E-state index contributed by atoms with van der Waals surface area (Å²) >= 11 is 5.66. The average Bonchev–Trinajstić information content (AvgIpc) is 2.24. The number of alkyl halides is 1. The highest BCUT2D eigenvalue weighted by Crippen LogP contribution is 2.28. The molecule has 0 saturated carbocycles. The van der Waals surface area contributed by atoms with E-state index < -0.39 is 5.79 Å². The summed E-state index contributed by atoms with van der Waals surface area (Å²) in [6.07, 6.45) is 7.43. The molecular formula is C10H8ClFN2. The molecule has 0 saturated heterocycles. The van der Waals surface area contributed by atoms with Gasteiger partial charge >= 0.3 is 0 Å². The van der Waals surface area contributed by atoms with Gasteiger partial charge in [-0.1, -0.05) is 11.6 Å². The number of nitrogens with zero attached hydrogens (tertiary/aromatic N) is 1. The minimum absolute atomic E-state index is 0.479. The van der Waals surface area contributed by atoms with E-state index in [1.54, 1.807) is 24.5 Å². The van der Waals surface area contributed by atoms with Crippen LogP contribution in [0.3, 0.4) is 0 Å². The lowest BCUT2D eigenvalue weighted by Gasteiger charge is -2.25. The second kappa shape index (κ2) is 3.42. The molecule has 14 heavy (non-hydrogen) atoms. The van der Waals surface area contributed by atoms with Crippen LogP contribution in [0.5, 0.6) is 0 Å². The molecule has 1 aliphatic rings. The molecule has 2 heterocycles. The van der Waals surface area contributed by atoms with Gasteiger partial charge < -0.3 is 5.32 Å². The summed E-state index contributed by atoms with van der Waals surface area (Å²) in [5.74, 6) is -1.68. The Balaban J connectivity index is 2.32. The number of allylic oxidation sites excluding steroid dienone is 2. The molecule has 0 bridgehead atoms. The monoisotopic (exact) mass is 210 g/mol. The van der Waals surface area contributed by atoms with Crippen molar-refractivity contribution in [3.63, 3.8) is 0 Å². The van der Waals surface area contributed by atoms with Crippen LogP contribution in [0.15, 0.2) is 47.9 Å². The summed E-state index contributed by atoms with van der Waals surface area (Å²) in [6.45, 7) is 0. The largest absolute Gasteiger partial charge is 0.351 e. The van der Waals surface area contributed by atoms with Gasteiger partial charge in [0.2, 0.25) is 5.79 Å². The Hall–Kier alpha value is -1.35. The van der Waals surface area contributed by atoms with Gasteiger partial charge in [0.05, 0.1) is 5.03 Å². The molecule has 0 aliphatic carbocycles. The number of aromatic nitrogens is 1. The Morgan fingerprint density at radius 3 is 2.64 bits per heavy atom. The van der Waals surface area contributed by atoms with Crippen LogP contribution in [0.4, 0.5) is 4.39 Å². The van der Waals surface area contributed by atoms with Crippen molar-refractivity contribution in [1.82, 2.24) is 10.3 Å². The number of rotatable bonds is 1. The number of hydrogen-bond donors (Lipinski definition) is 1. The molecule has 2 nitrogen and oxygen atoms in total. The molecule has 0 amide bonds. The molecule has 1 unspecified atom stereocenters. The normalized spacial score (nSPS) is 25.4. The fraction of sp³-hybridized carbons (Fsp3) is 0.100. The fourth-order valence-electron chi connectivity index (χ4n) is 1.24.